The summed E-state index contributed by atoms with van der Waals surface area (Å²) >= 11 is 0. The average Bonchev–Trinajstić information content (AvgIpc) is 3.45. The first-order valence-electron chi connectivity index (χ1n) is 10.8. The van der Waals surface area contributed by atoms with E-state index in [0.29, 0.717) is 35.7 Å². The third kappa shape index (κ3) is 3.93. The Morgan fingerprint density at radius 1 is 1.21 bits per heavy atom. The molecule has 1 aliphatic rings. The maximum absolute atomic E-state index is 13.4. The van der Waals surface area contributed by atoms with Crippen LogP contribution >= 0.6 is 0 Å². The molecule has 10 nitrogen and oxygen atoms in total. The first-order chi connectivity index (χ1) is 16.0. The lowest BCUT2D eigenvalue weighted by atomic mass is 10.1. The van der Waals surface area contributed by atoms with Crippen molar-refractivity contribution in [1.29, 1.82) is 0 Å². The zero-order valence-corrected chi connectivity index (χ0v) is 18.7. The third-order valence-corrected chi connectivity index (χ3v) is 5.74. The average molecular weight is 448 g/mol. The Hall–Kier alpha value is -3.79. The van der Waals surface area contributed by atoms with E-state index in [0.717, 1.165) is 35.7 Å². The number of fused-ring (bicyclic) bond motifs is 2. The second kappa shape index (κ2) is 8.62. The van der Waals surface area contributed by atoms with E-state index >= 15 is 0 Å². The molecular weight excluding hydrogens is 424 g/mol. The number of methoxy groups -OCH3 is 1. The highest BCUT2D eigenvalue weighted by atomic mass is 16.5. The Labute approximate surface area is 189 Å². The van der Waals surface area contributed by atoms with Crippen LogP contribution in [0.1, 0.15) is 42.5 Å². The third-order valence-electron chi connectivity index (χ3n) is 5.74. The molecule has 0 amide bonds. The quantitative estimate of drug-likeness (QED) is 0.397. The molecule has 0 N–H and O–H groups in total. The normalized spacial score (nSPS) is 14.2. The maximum Gasteiger partial charge on any atom is 0.260 e. The van der Waals surface area contributed by atoms with E-state index in [1.54, 1.807) is 30.1 Å². The van der Waals surface area contributed by atoms with Crippen LogP contribution in [0.2, 0.25) is 0 Å². The van der Waals surface area contributed by atoms with Gasteiger partial charge in [-0.2, -0.15) is 0 Å². The van der Waals surface area contributed by atoms with Crippen LogP contribution in [0.4, 0.5) is 0 Å². The molecule has 4 aromatic rings. The lowest BCUT2D eigenvalue weighted by Crippen LogP contribution is -2.25. The van der Waals surface area contributed by atoms with Gasteiger partial charge in [-0.3, -0.25) is 14.3 Å². The topological polar surface area (TPSA) is 110 Å². The predicted octanol–water partition coefficient (Wildman–Crippen LogP) is 2.86. The molecule has 0 fully saturated rings. The van der Waals surface area contributed by atoms with E-state index in [2.05, 4.69) is 20.3 Å². The van der Waals surface area contributed by atoms with E-state index in [4.69, 9.17) is 14.0 Å². The van der Waals surface area contributed by atoms with Crippen LogP contribution in [0.3, 0.4) is 0 Å². The summed E-state index contributed by atoms with van der Waals surface area (Å²) in [5.74, 6) is 2.78. The fourth-order valence-corrected chi connectivity index (χ4v) is 3.97. The summed E-state index contributed by atoms with van der Waals surface area (Å²) in [6.45, 7) is 4.66. The van der Waals surface area contributed by atoms with Crippen LogP contribution in [0.15, 0.2) is 39.9 Å². The van der Waals surface area contributed by atoms with Crippen molar-refractivity contribution in [2.24, 2.45) is 0 Å². The van der Waals surface area contributed by atoms with Crippen LogP contribution in [-0.4, -0.2) is 49.8 Å². The van der Waals surface area contributed by atoms with Crippen LogP contribution in [-0.2, 0) is 11.2 Å². The standard InChI is InChI=1S/C23H24N6O4/c1-14-10-20(33-27-14)16-4-5-21-25-26-22(29(21)13-16)15(2)28-7-6-19-18(23(28)30)11-17(12-24-19)32-9-8-31-3/h6-7,10-13,15H,4-5,8-9H2,1-3H3. The zero-order chi connectivity index (χ0) is 22.9. The van der Waals surface area contributed by atoms with Crippen molar-refractivity contribution in [2.45, 2.75) is 32.7 Å². The minimum atomic E-state index is -0.353. The molecule has 4 aromatic heterocycles. The van der Waals surface area contributed by atoms with Gasteiger partial charge < -0.3 is 18.6 Å². The van der Waals surface area contributed by atoms with E-state index in [9.17, 15) is 4.79 Å². The van der Waals surface area contributed by atoms with Gasteiger partial charge in [0, 0.05) is 37.6 Å². The van der Waals surface area contributed by atoms with E-state index in [1.165, 1.54) is 0 Å². The van der Waals surface area contributed by atoms with Gasteiger partial charge in [0.2, 0.25) is 0 Å². The monoisotopic (exact) mass is 448 g/mol. The molecule has 5 heterocycles. The minimum absolute atomic E-state index is 0.173. The number of pyridine rings is 2. The van der Waals surface area contributed by atoms with Crippen molar-refractivity contribution < 1.29 is 14.0 Å². The van der Waals surface area contributed by atoms with Crippen molar-refractivity contribution >= 4 is 22.7 Å². The minimum Gasteiger partial charge on any atom is -0.490 e. The smallest absolute Gasteiger partial charge is 0.260 e. The molecule has 33 heavy (non-hydrogen) atoms. The van der Waals surface area contributed by atoms with E-state index in [-0.39, 0.29) is 11.6 Å². The van der Waals surface area contributed by atoms with Crippen LogP contribution in [0.5, 0.6) is 5.75 Å². The van der Waals surface area contributed by atoms with Gasteiger partial charge in [0.05, 0.1) is 35.4 Å². The lowest BCUT2D eigenvalue weighted by Gasteiger charge is -2.18. The molecule has 0 aliphatic carbocycles. The molecule has 0 spiro atoms. The van der Waals surface area contributed by atoms with Crippen LogP contribution in [0.25, 0.3) is 22.7 Å². The van der Waals surface area contributed by atoms with Gasteiger partial charge >= 0.3 is 0 Å². The van der Waals surface area contributed by atoms with Crippen molar-refractivity contribution in [1.82, 2.24) is 29.5 Å². The summed E-state index contributed by atoms with van der Waals surface area (Å²) < 4.78 is 19.7. The van der Waals surface area contributed by atoms with Crippen LogP contribution in [0, 0.1) is 6.92 Å². The number of aromatic nitrogens is 6. The largest absolute Gasteiger partial charge is 0.490 e. The number of aryl methyl sites for hydroxylation is 2. The highest BCUT2D eigenvalue weighted by molar-refractivity contribution is 5.78. The van der Waals surface area contributed by atoms with E-state index < -0.39 is 0 Å². The number of nitrogens with zero attached hydrogens (tertiary/aromatic N) is 6. The highest BCUT2D eigenvalue weighted by Crippen LogP contribution is 2.29. The molecule has 0 bridgehead atoms. The summed E-state index contributed by atoms with van der Waals surface area (Å²) in [6, 6.07) is 5.09. The molecule has 5 rings (SSSR count). The van der Waals surface area contributed by atoms with Gasteiger partial charge in [0.1, 0.15) is 18.2 Å². The number of hydrogen-bond donors (Lipinski definition) is 0. The summed E-state index contributed by atoms with van der Waals surface area (Å²) in [5, 5.41) is 13.2. The Kier molecular flexibility index (Phi) is 5.51. The zero-order valence-electron chi connectivity index (χ0n) is 18.7. The van der Waals surface area contributed by atoms with Gasteiger partial charge in [0.15, 0.2) is 11.6 Å². The van der Waals surface area contributed by atoms with Crippen molar-refractivity contribution in [2.75, 3.05) is 20.3 Å². The summed E-state index contributed by atoms with van der Waals surface area (Å²) in [7, 11) is 1.61. The van der Waals surface area contributed by atoms with Gasteiger partial charge in [-0.1, -0.05) is 5.16 Å². The second-order valence-corrected chi connectivity index (χ2v) is 7.98. The highest BCUT2D eigenvalue weighted by Gasteiger charge is 2.24. The van der Waals surface area contributed by atoms with E-state index in [1.807, 2.05) is 36.7 Å². The number of ether oxygens (including phenoxy) is 2. The first-order valence-corrected chi connectivity index (χ1v) is 10.8. The summed E-state index contributed by atoms with van der Waals surface area (Å²) in [4.78, 5) is 17.7. The molecule has 170 valence electrons. The summed E-state index contributed by atoms with van der Waals surface area (Å²) in [6.07, 6.45) is 6.83. The van der Waals surface area contributed by atoms with Crippen molar-refractivity contribution in [3.63, 3.8) is 0 Å². The molecule has 0 saturated carbocycles. The molecule has 1 atom stereocenters. The Bertz CT molecular complexity index is 1400. The predicted molar refractivity (Wildman–Crippen MR) is 121 cm³/mol. The SMILES string of the molecule is COCCOc1cnc2ccn(C(C)c3nnc4n3C=C(c3cc(C)no3)CC4)c(=O)c2c1. The Morgan fingerprint density at radius 2 is 2.09 bits per heavy atom. The molecular formula is C23H24N6O4. The molecule has 10 heteroatoms. The number of rotatable bonds is 7. The first kappa shape index (κ1) is 21.1. The Balaban J connectivity index is 1.51. The van der Waals surface area contributed by atoms with Gasteiger partial charge in [-0.15, -0.1) is 10.2 Å². The molecule has 0 saturated heterocycles. The van der Waals surface area contributed by atoms with Gasteiger partial charge in [-0.05, 0) is 32.4 Å². The Morgan fingerprint density at radius 3 is 2.88 bits per heavy atom. The maximum atomic E-state index is 13.4. The fourth-order valence-electron chi connectivity index (χ4n) is 3.97. The molecule has 1 aliphatic heterocycles. The number of allylic oxidation sites excluding steroid dienone is 1. The summed E-state index contributed by atoms with van der Waals surface area (Å²) in [5.41, 5.74) is 2.28. The van der Waals surface area contributed by atoms with Crippen molar-refractivity contribution in [3.05, 3.63) is 64.0 Å². The fraction of sp³-hybridized carbons (Fsp3) is 0.348. The molecule has 1 unspecified atom stereocenters. The van der Waals surface area contributed by atoms with Gasteiger partial charge in [0.25, 0.3) is 5.56 Å². The molecule has 0 aromatic carbocycles. The van der Waals surface area contributed by atoms with Gasteiger partial charge in [-0.25, -0.2) is 0 Å². The second-order valence-electron chi connectivity index (χ2n) is 7.98. The van der Waals surface area contributed by atoms with Crippen molar-refractivity contribution in [3.8, 4) is 5.75 Å². The van der Waals surface area contributed by atoms with Crippen LogP contribution < -0.4 is 10.3 Å². The molecule has 0 radical (unpaired) electrons. The lowest BCUT2D eigenvalue weighted by molar-refractivity contribution is 0.146. The number of hydrogen-bond acceptors (Lipinski definition) is 8.